The first-order valence-corrected chi connectivity index (χ1v) is 8.19. The Bertz CT molecular complexity index is 654. The van der Waals surface area contributed by atoms with Crippen LogP contribution in [0, 0.1) is 0 Å². The first-order chi connectivity index (χ1) is 10.1. The number of fused-ring (bicyclic) bond motifs is 1. The number of nitrogens with one attached hydrogen (secondary N) is 1. The van der Waals surface area contributed by atoms with Crippen molar-refractivity contribution in [1.82, 2.24) is 5.32 Å². The summed E-state index contributed by atoms with van der Waals surface area (Å²) in [4.78, 5) is 12.7. The average Bonchev–Trinajstić information content (AvgIpc) is 2.81. The van der Waals surface area contributed by atoms with Crippen molar-refractivity contribution in [1.29, 1.82) is 0 Å². The molecular weight excluding hydrogens is 352 g/mol. The predicted molar refractivity (Wildman–Crippen MR) is 91.9 cm³/mol. The summed E-state index contributed by atoms with van der Waals surface area (Å²) >= 11 is 4.86. The van der Waals surface area contributed by atoms with E-state index in [0.717, 1.165) is 21.0 Å². The molecule has 2 aromatic rings. The minimum atomic E-state index is -0.159. The molecule has 1 amide bonds. The van der Waals surface area contributed by atoms with Crippen LogP contribution in [0.15, 0.2) is 35.3 Å². The molecule has 0 bridgehead atoms. The minimum Gasteiger partial charge on any atom is -0.397 e. The molecule has 0 aliphatic carbocycles. The van der Waals surface area contributed by atoms with Gasteiger partial charge in [-0.15, -0.1) is 17.9 Å². The van der Waals surface area contributed by atoms with Gasteiger partial charge in [0.1, 0.15) is 4.88 Å². The van der Waals surface area contributed by atoms with Gasteiger partial charge in [-0.05, 0) is 18.6 Å². The molecule has 1 aromatic carbocycles. The molecule has 0 saturated heterocycles. The van der Waals surface area contributed by atoms with Gasteiger partial charge in [0, 0.05) is 21.1 Å². The molecular formula is C15H17BrN2O2S. The number of carbonyl (C=O) groups is 1. The normalized spacial score (nSPS) is 10.7. The molecule has 2 rings (SSSR count). The fourth-order valence-corrected chi connectivity index (χ4v) is 3.66. The van der Waals surface area contributed by atoms with Crippen LogP contribution in [0.5, 0.6) is 0 Å². The molecule has 0 aliphatic rings. The van der Waals surface area contributed by atoms with Gasteiger partial charge in [-0.1, -0.05) is 28.1 Å². The maximum Gasteiger partial charge on any atom is 0.263 e. The summed E-state index contributed by atoms with van der Waals surface area (Å²) < 4.78 is 7.25. The van der Waals surface area contributed by atoms with Gasteiger partial charge in [0.2, 0.25) is 0 Å². The van der Waals surface area contributed by atoms with E-state index >= 15 is 0 Å². The number of anilines is 1. The van der Waals surface area contributed by atoms with E-state index in [4.69, 9.17) is 10.5 Å². The standard InChI is InChI=1S/C15H17BrN2O2S/c1-2-3-8-20-9-7-18-15(19)14-13(17)12-10(16)5-4-6-11(12)21-14/h2,4-6H,1,3,7-9,17H2,(H,18,19). The molecule has 112 valence electrons. The van der Waals surface area contributed by atoms with E-state index in [9.17, 15) is 4.79 Å². The van der Waals surface area contributed by atoms with E-state index in [-0.39, 0.29) is 5.91 Å². The van der Waals surface area contributed by atoms with E-state index in [1.165, 1.54) is 11.3 Å². The number of ether oxygens (including phenoxy) is 1. The fraction of sp³-hybridized carbons (Fsp3) is 0.267. The second kappa shape index (κ2) is 7.59. The molecule has 0 atom stereocenters. The maximum absolute atomic E-state index is 12.2. The third kappa shape index (κ3) is 3.84. The molecule has 1 aromatic heterocycles. The number of hydrogen-bond acceptors (Lipinski definition) is 4. The highest BCUT2D eigenvalue weighted by molar-refractivity contribution is 9.10. The zero-order valence-corrected chi connectivity index (χ0v) is 13.9. The van der Waals surface area contributed by atoms with E-state index in [0.29, 0.717) is 30.3 Å². The first-order valence-electron chi connectivity index (χ1n) is 6.58. The van der Waals surface area contributed by atoms with Gasteiger partial charge in [-0.3, -0.25) is 4.79 Å². The lowest BCUT2D eigenvalue weighted by molar-refractivity contribution is 0.0922. The van der Waals surface area contributed by atoms with Gasteiger partial charge < -0.3 is 15.8 Å². The number of hydrogen-bond donors (Lipinski definition) is 2. The Labute approximate surface area is 136 Å². The molecule has 0 spiro atoms. The third-order valence-electron chi connectivity index (χ3n) is 2.91. The largest absolute Gasteiger partial charge is 0.397 e. The van der Waals surface area contributed by atoms with Crippen molar-refractivity contribution >= 4 is 48.9 Å². The Kier molecular flexibility index (Phi) is 5.78. The number of amides is 1. The molecule has 4 nitrogen and oxygen atoms in total. The number of rotatable bonds is 7. The summed E-state index contributed by atoms with van der Waals surface area (Å²) in [6, 6.07) is 5.80. The lowest BCUT2D eigenvalue weighted by Gasteiger charge is -2.05. The lowest BCUT2D eigenvalue weighted by atomic mass is 10.2. The highest BCUT2D eigenvalue weighted by atomic mass is 79.9. The molecule has 3 N–H and O–H groups in total. The van der Waals surface area contributed by atoms with Crippen molar-refractivity contribution in [3.63, 3.8) is 0 Å². The summed E-state index contributed by atoms with van der Waals surface area (Å²) in [5, 5.41) is 3.72. The maximum atomic E-state index is 12.2. The number of thiophene rings is 1. The second-order valence-electron chi connectivity index (χ2n) is 4.40. The summed E-state index contributed by atoms with van der Waals surface area (Å²) in [5.41, 5.74) is 6.61. The van der Waals surface area contributed by atoms with Gasteiger partial charge in [0.05, 0.1) is 18.9 Å². The molecule has 1 heterocycles. The molecule has 0 unspecified atom stereocenters. The zero-order valence-electron chi connectivity index (χ0n) is 11.5. The summed E-state index contributed by atoms with van der Waals surface area (Å²) in [7, 11) is 0. The van der Waals surface area contributed by atoms with E-state index in [1.54, 1.807) is 6.08 Å². The lowest BCUT2D eigenvalue weighted by Crippen LogP contribution is -2.27. The topological polar surface area (TPSA) is 64.3 Å². The summed E-state index contributed by atoms with van der Waals surface area (Å²) in [6.07, 6.45) is 2.61. The second-order valence-corrected chi connectivity index (χ2v) is 6.31. The van der Waals surface area contributed by atoms with Crippen molar-refractivity contribution in [2.75, 3.05) is 25.5 Å². The van der Waals surface area contributed by atoms with Crippen LogP contribution in [0.4, 0.5) is 5.69 Å². The number of nitrogens with two attached hydrogens (primary N) is 1. The van der Waals surface area contributed by atoms with Gasteiger partial charge in [-0.2, -0.15) is 0 Å². The van der Waals surface area contributed by atoms with Crippen LogP contribution in [0.1, 0.15) is 16.1 Å². The number of benzene rings is 1. The quantitative estimate of drug-likeness (QED) is 0.579. The molecule has 21 heavy (non-hydrogen) atoms. The van der Waals surface area contributed by atoms with Crippen LogP contribution in [0.2, 0.25) is 0 Å². The van der Waals surface area contributed by atoms with Gasteiger partial charge in [-0.25, -0.2) is 0 Å². The molecule has 6 heteroatoms. The molecule has 0 radical (unpaired) electrons. The van der Waals surface area contributed by atoms with Crippen molar-refractivity contribution in [3.05, 3.63) is 40.2 Å². The fourth-order valence-electron chi connectivity index (χ4n) is 1.88. The smallest absolute Gasteiger partial charge is 0.263 e. The van der Waals surface area contributed by atoms with Crippen LogP contribution < -0.4 is 11.1 Å². The highest BCUT2D eigenvalue weighted by Gasteiger charge is 2.17. The van der Waals surface area contributed by atoms with Crippen molar-refractivity contribution in [2.45, 2.75) is 6.42 Å². The van der Waals surface area contributed by atoms with Crippen LogP contribution in [-0.4, -0.2) is 25.7 Å². The zero-order chi connectivity index (χ0) is 15.2. The minimum absolute atomic E-state index is 0.159. The van der Waals surface area contributed by atoms with Gasteiger partial charge in [0.25, 0.3) is 5.91 Å². The molecule has 0 saturated carbocycles. The van der Waals surface area contributed by atoms with Crippen LogP contribution in [0.25, 0.3) is 10.1 Å². The number of halogens is 1. The predicted octanol–water partition coefficient (Wildman–Crippen LogP) is 3.57. The Morgan fingerprint density at radius 1 is 1.48 bits per heavy atom. The average molecular weight is 369 g/mol. The Hall–Kier alpha value is -1.37. The Balaban J connectivity index is 1.98. The van der Waals surface area contributed by atoms with E-state index < -0.39 is 0 Å². The third-order valence-corrected chi connectivity index (χ3v) is 4.74. The van der Waals surface area contributed by atoms with Gasteiger partial charge >= 0.3 is 0 Å². The van der Waals surface area contributed by atoms with Crippen molar-refractivity contribution in [2.24, 2.45) is 0 Å². The van der Waals surface area contributed by atoms with Crippen molar-refractivity contribution < 1.29 is 9.53 Å². The monoisotopic (exact) mass is 368 g/mol. The summed E-state index contributed by atoms with van der Waals surface area (Å²) in [6.45, 7) is 5.18. The Morgan fingerprint density at radius 3 is 3.00 bits per heavy atom. The highest BCUT2D eigenvalue weighted by Crippen LogP contribution is 2.37. The molecule has 0 fully saturated rings. The Morgan fingerprint density at radius 2 is 2.29 bits per heavy atom. The number of nitrogen functional groups attached to an aromatic ring is 1. The SMILES string of the molecule is C=CCCOCCNC(=O)c1sc2cccc(Br)c2c1N. The van der Waals surface area contributed by atoms with E-state index in [1.807, 2.05) is 18.2 Å². The van der Waals surface area contributed by atoms with Gasteiger partial charge in [0.15, 0.2) is 0 Å². The molecule has 0 aliphatic heterocycles. The summed E-state index contributed by atoms with van der Waals surface area (Å²) in [5.74, 6) is -0.159. The van der Waals surface area contributed by atoms with Crippen LogP contribution in [0.3, 0.4) is 0 Å². The number of carbonyl (C=O) groups excluding carboxylic acids is 1. The van der Waals surface area contributed by atoms with E-state index in [2.05, 4.69) is 27.8 Å². The van der Waals surface area contributed by atoms with Crippen molar-refractivity contribution in [3.8, 4) is 0 Å². The van der Waals surface area contributed by atoms with Crippen LogP contribution >= 0.6 is 27.3 Å². The van der Waals surface area contributed by atoms with Crippen LogP contribution in [-0.2, 0) is 4.74 Å². The first kappa shape index (κ1) is 16.0.